The van der Waals surface area contributed by atoms with Gasteiger partial charge in [-0.05, 0) is 65.4 Å². The number of thiophene rings is 1. The third kappa shape index (κ3) is 3.41. The Hall–Kier alpha value is -5.65. The van der Waals surface area contributed by atoms with Crippen molar-refractivity contribution in [3.8, 4) is 0 Å². The van der Waals surface area contributed by atoms with E-state index in [1.54, 1.807) is 11.3 Å². The zero-order chi connectivity index (χ0) is 28.8. The lowest BCUT2D eigenvalue weighted by Gasteiger charge is -2.24. The molecule has 0 aliphatic carbocycles. The highest BCUT2D eigenvalue weighted by atomic mass is 32.1. The predicted octanol–water partition coefficient (Wildman–Crippen LogP) is 11.9. The predicted molar refractivity (Wildman–Crippen MR) is 184 cm³/mol. The standard InChI is InChI=1S/C39H22N2O2S/c1-2-8-24-20-37-32(19-23(24)7-1)31-17-18-40-39(38(31)44-37)41(25-13-15-29-27-9-3-5-11-33(27)42-35(29)21-25)26-14-16-30-28-10-4-6-12-34(28)43-36(30)22-26/h1-22H. The highest BCUT2D eigenvalue weighted by molar-refractivity contribution is 7.26. The fourth-order valence-electron chi connectivity index (χ4n) is 6.63. The van der Waals surface area contributed by atoms with E-state index >= 15 is 0 Å². The Morgan fingerprint density at radius 2 is 1.05 bits per heavy atom. The Labute approximate surface area is 255 Å². The second kappa shape index (κ2) is 8.93. The number of fused-ring (bicyclic) bond motifs is 10. The summed E-state index contributed by atoms with van der Waals surface area (Å²) in [5, 5.41) is 9.33. The van der Waals surface area contributed by atoms with Gasteiger partial charge < -0.3 is 8.83 Å². The van der Waals surface area contributed by atoms with Crippen LogP contribution in [0.5, 0.6) is 0 Å². The molecule has 44 heavy (non-hydrogen) atoms. The van der Waals surface area contributed by atoms with Crippen molar-refractivity contribution in [2.45, 2.75) is 0 Å². The topological polar surface area (TPSA) is 42.4 Å². The zero-order valence-electron chi connectivity index (χ0n) is 23.3. The Kier molecular flexibility index (Phi) is 4.84. The van der Waals surface area contributed by atoms with Crippen LogP contribution in [0.4, 0.5) is 17.2 Å². The summed E-state index contributed by atoms with van der Waals surface area (Å²) in [5.74, 6) is 0.874. The molecule has 0 saturated carbocycles. The maximum Gasteiger partial charge on any atom is 0.155 e. The summed E-state index contributed by atoms with van der Waals surface area (Å²) < 4.78 is 15.1. The van der Waals surface area contributed by atoms with E-state index in [-0.39, 0.29) is 0 Å². The van der Waals surface area contributed by atoms with Gasteiger partial charge in [-0.15, -0.1) is 11.3 Å². The van der Waals surface area contributed by atoms with Gasteiger partial charge in [0, 0.05) is 55.3 Å². The molecule has 5 heteroatoms. The van der Waals surface area contributed by atoms with E-state index in [0.717, 1.165) is 65.8 Å². The molecule has 0 atom stereocenters. The largest absolute Gasteiger partial charge is 0.456 e. The second-order valence-corrected chi connectivity index (χ2v) is 12.3. The molecule has 0 N–H and O–H groups in total. The van der Waals surface area contributed by atoms with E-state index in [0.29, 0.717) is 0 Å². The number of rotatable bonds is 3. The molecule has 0 fully saturated rings. The highest BCUT2D eigenvalue weighted by Gasteiger charge is 2.22. The monoisotopic (exact) mass is 582 g/mol. The number of para-hydroxylation sites is 2. The Morgan fingerprint density at radius 3 is 1.70 bits per heavy atom. The van der Waals surface area contributed by atoms with Crippen LogP contribution >= 0.6 is 11.3 Å². The van der Waals surface area contributed by atoms with E-state index in [9.17, 15) is 0 Å². The summed E-state index contributed by atoms with van der Waals surface area (Å²) in [7, 11) is 0. The van der Waals surface area contributed by atoms with Crippen LogP contribution in [0.15, 0.2) is 142 Å². The number of anilines is 3. The van der Waals surface area contributed by atoms with Crippen molar-refractivity contribution in [1.29, 1.82) is 0 Å². The summed E-state index contributed by atoms with van der Waals surface area (Å²) in [6, 6.07) is 44.5. The minimum Gasteiger partial charge on any atom is -0.456 e. The number of nitrogens with zero attached hydrogens (tertiary/aromatic N) is 2. The molecule has 10 aromatic rings. The lowest BCUT2D eigenvalue weighted by Crippen LogP contribution is -2.11. The third-order valence-electron chi connectivity index (χ3n) is 8.69. The first-order chi connectivity index (χ1) is 21.8. The van der Waals surface area contributed by atoms with E-state index in [4.69, 9.17) is 13.8 Å². The van der Waals surface area contributed by atoms with Crippen molar-refractivity contribution < 1.29 is 8.83 Å². The fraction of sp³-hybridized carbons (Fsp3) is 0. The smallest absolute Gasteiger partial charge is 0.155 e. The Balaban J connectivity index is 1.26. The molecule has 0 spiro atoms. The first-order valence-electron chi connectivity index (χ1n) is 14.6. The summed E-state index contributed by atoms with van der Waals surface area (Å²) in [6.07, 6.45) is 1.92. The van der Waals surface area contributed by atoms with Crippen LogP contribution in [0, 0.1) is 0 Å². The van der Waals surface area contributed by atoms with Crippen molar-refractivity contribution in [3.63, 3.8) is 0 Å². The molecule has 0 radical (unpaired) electrons. The van der Waals surface area contributed by atoms with Crippen molar-refractivity contribution in [3.05, 3.63) is 134 Å². The van der Waals surface area contributed by atoms with Crippen molar-refractivity contribution in [2.24, 2.45) is 0 Å². The van der Waals surface area contributed by atoms with Crippen LogP contribution in [-0.2, 0) is 0 Å². The minimum absolute atomic E-state index is 0.841. The van der Waals surface area contributed by atoms with Crippen LogP contribution in [0.3, 0.4) is 0 Å². The van der Waals surface area contributed by atoms with E-state index in [2.05, 4.69) is 108 Å². The summed E-state index contributed by atoms with van der Waals surface area (Å²) >= 11 is 1.78. The van der Waals surface area contributed by atoms with Crippen LogP contribution in [0.25, 0.3) is 74.8 Å². The molecule has 206 valence electrons. The Morgan fingerprint density at radius 1 is 0.477 bits per heavy atom. The SMILES string of the molecule is c1ccc2cc3c(cc2c1)sc1c(N(c2ccc4c(c2)oc2ccccc24)c2ccc4c(c2)oc2ccccc24)nccc13. The molecule has 0 amide bonds. The maximum atomic E-state index is 6.34. The maximum absolute atomic E-state index is 6.34. The van der Waals surface area contributed by atoms with Crippen molar-refractivity contribution in [2.75, 3.05) is 4.90 Å². The van der Waals surface area contributed by atoms with Crippen LogP contribution in [0.2, 0.25) is 0 Å². The van der Waals surface area contributed by atoms with Gasteiger partial charge in [0.2, 0.25) is 0 Å². The Bertz CT molecular complexity index is 2640. The highest BCUT2D eigenvalue weighted by Crippen LogP contribution is 2.46. The summed E-state index contributed by atoms with van der Waals surface area (Å²) in [4.78, 5) is 7.28. The average molecular weight is 583 g/mol. The molecular formula is C39H22N2O2S. The third-order valence-corrected chi connectivity index (χ3v) is 9.85. The molecule has 4 heterocycles. The van der Waals surface area contributed by atoms with Gasteiger partial charge in [-0.3, -0.25) is 4.90 Å². The molecule has 6 aromatic carbocycles. The van der Waals surface area contributed by atoms with Gasteiger partial charge in [0.15, 0.2) is 5.82 Å². The molecule has 4 nitrogen and oxygen atoms in total. The zero-order valence-corrected chi connectivity index (χ0v) is 24.1. The van der Waals surface area contributed by atoms with E-state index in [1.807, 2.05) is 30.5 Å². The van der Waals surface area contributed by atoms with Gasteiger partial charge in [-0.1, -0.05) is 60.7 Å². The number of benzene rings is 6. The normalized spacial score (nSPS) is 12.1. The average Bonchev–Trinajstić information content (AvgIpc) is 3.74. The molecule has 4 aromatic heterocycles. The van der Waals surface area contributed by atoms with Gasteiger partial charge >= 0.3 is 0 Å². The summed E-state index contributed by atoms with van der Waals surface area (Å²) in [5.41, 5.74) is 5.38. The van der Waals surface area contributed by atoms with Gasteiger partial charge in [0.1, 0.15) is 22.3 Å². The molecule has 0 aliphatic heterocycles. The molecular weight excluding hydrogens is 561 g/mol. The van der Waals surface area contributed by atoms with Gasteiger partial charge in [-0.2, -0.15) is 0 Å². The molecule has 0 aliphatic rings. The summed E-state index contributed by atoms with van der Waals surface area (Å²) in [6.45, 7) is 0. The second-order valence-electron chi connectivity index (χ2n) is 11.2. The molecule has 10 rings (SSSR count). The van der Waals surface area contributed by atoms with Crippen molar-refractivity contribution in [1.82, 2.24) is 4.98 Å². The van der Waals surface area contributed by atoms with E-state index in [1.165, 1.54) is 26.2 Å². The van der Waals surface area contributed by atoms with E-state index < -0.39 is 0 Å². The number of furan rings is 2. The van der Waals surface area contributed by atoms with Crippen LogP contribution in [-0.4, -0.2) is 4.98 Å². The quantitative estimate of drug-likeness (QED) is 0.208. The van der Waals surface area contributed by atoms with Crippen LogP contribution < -0.4 is 4.90 Å². The fourth-order valence-corrected chi connectivity index (χ4v) is 7.84. The van der Waals surface area contributed by atoms with Gasteiger partial charge in [0.05, 0.1) is 16.1 Å². The van der Waals surface area contributed by atoms with Crippen molar-refractivity contribution >= 4 is 103 Å². The van der Waals surface area contributed by atoms with Gasteiger partial charge in [0.25, 0.3) is 0 Å². The molecule has 0 saturated heterocycles. The number of hydrogen-bond acceptors (Lipinski definition) is 5. The number of pyridine rings is 1. The molecule has 0 bridgehead atoms. The minimum atomic E-state index is 0.841. The molecule has 0 unspecified atom stereocenters. The van der Waals surface area contributed by atoms with Crippen LogP contribution in [0.1, 0.15) is 0 Å². The van der Waals surface area contributed by atoms with Gasteiger partial charge in [-0.25, -0.2) is 4.98 Å². The number of hydrogen-bond donors (Lipinski definition) is 0. The first kappa shape index (κ1) is 23.9. The lowest BCUT2D eigenvalue weighted by molar-refractivity contribution is 0.669. The first-order valence-corrected chi connectivity index (χ1v) is 15.4. The lowest BCUT2D eigenvalue weighted by atomic mass is 10.1. The number of aromatic nitrogens is 1.